The Hall–Kier alpha value is -3.00. The van der Waals surface area contributed by atoms with Crippen molar-refractivity contribution in [1.29, 1.82) is 0 Å². The number of fused-ring (bicyclic) bond motifs is 1. The van der Waals surface area contributed by atoms with Gasteiger partial charge in [0.1, 0.15) is 11.4 Å². The Morgan fingerprint density at radius 2 is 2.11 bits per heavy atom. The largest absolute Gasteiger partial charge is 0.344 e. The molecule has 2 aliphatic heterocycles. The van der Waals surface area contributed by atoms with Gasteiger partial charge in [0, 0.05) is 22.8 Å². The molecule has 2 aromatic rings. The highest BCUT2D eigenvalue weighted by Gasteiger charge is 2.37. The van der Waals surface area contributed by atoms with Gasteiger partial charge in [0.05, 0.1) is 6.54 Å². The van der Waals surface area contributed by atoms with E-state index in [1.165, 1.54) is 29.7 Å². The van der Waals surface area contributed by atoms with Gasteiger partial charge in [-0.25, -0.2) is 9.18 Å². The van der Waals surface area contributed by atoms with Crippen LogP contribution in [0.15, 0.2) is 47.5 Å². The van der Waals surface area contributed by atoms with Crippen LogP contribution in [-0.4, -0.2) is 28.8 Å². The number of anilines is 1. The van der Waals surface area contributed by atoms with Gasteiger partial charge in [-0.05, 0) is 55.0 Å². The highest BCUT2D eigenvalue weighted by molar-refractivity contribution is 7.09. The Bertz CT molecular complexity index is 987. The van der Waals surface area contributed by atoms with E-state index >= 15 is 0 Å². The first-order valence-electron chi connectivity index (χ1n) is 8.92. The number of halogens is 1. The summed E-state index contributed by atoms with van der Waals surface area (Å²) in [6, 6.07) is 7.43. The molecule has 1 saturated heterocycles. The Kier molecular flexibility index (Phi) is 4.72. The van der Waals surface area contributed by atoms with Crippen LogP contribution < -0.4 is 10.2 Å². The number of rotatable bonds is 3. The van der Waals surface area contributed by atoms with Crippen molar-refractivity contribution in [3.8, 4) is 0 Å². The highest BCUT2D eigenvalue weighted by atomic mass is 32.1. The summed E-state index contributed by atoms with van der Waals surface area (Å²) in [6.07, 6.45) is 2.96. The summed E-state index contributed by atoms with van der Waals surface area (Å²) in [5.74, 6) is -1.68. The third-order valence-corrected chi connectivity index (χ3v) is 5.84. The number of hydrogen-bond acceptors (Lipinski definition) is 5. The summed E-state index contributed by atoms with van der Waals surface area (Å²) >= 11 is 1.43. The fourth-order valence-electron chi connectivity index (χ4n) is 3.47. The van der Waals surface area contributed by atoms with Crippen LogP contribution in [-0.2, 0) is 22.6 Å². The standard InChI is InChI=1S/C20H18FN3O3S/c1-12-4-5-13-9-14(21)6-7-17(13)23(12)11-16-18(25)22-20(27)24(19(16)26)10-15-3-2-8-28-15/h2-3,6-9,11-12H,4-5,10H2,1H3,(H,22,25,27)/b16-11-/t12-/m1/s1. The van der Waals surface area contributed by atoms with Gasteiger partial charge in [0.2, 0.25) is 0 Å². The zero-order valence-electron chi connectivity index (χ0n) is 15.1. The van der Waals surface area contributed by atoms with Gasteiger partial charge in [0.15, 0.2) is 0 Å². The molecule has 1 aromatic heterocycles. The topological polar surface area (TPSA) is 69.7 Å². The summed E-state index contributed by atoms with van der Waals surface area (Å²) < 4.78 is 13.6. The third kappa shape index (κ3) is 3.31. The second kappa shape index (κ2) is 7.20. The second-order valence-electron chi connectivity index (χ2n) is 6.84. The van der Waals surface area contributed by atoms with E-state index in [-0.39, 0.29) is 24.0 Å². The summed E-state index contributed by atoms with van der Waals surface area (Å²) in [5.41, 5.74) is 1.47. The molecule has 3 heterocycles. The number of hydrogen-bond donors (Lipinski definition) is 1. The molecule has 6 nitrogen and oxygen atoms in total. The van der Waals surface area contributed by atoms with Crippen molar-refractivity contribution in [3.63, 3.8) is 0 Å². The molecule has 0 spiro atoms. The molecule has 8 heteroatoms. The van der Waals surface area contributed by atoms with Crippen LogP contribution in [0.3, 0.4) is 0 Å². The van der Waals surface area contributed by atoms with Gasteiger partial charge in [-0.15, -0.1) is 11.3 Å². The van der Waals surface area contributed by atoms with Crippen molar-refractivity contribution in [2.75, 3.05) is 4.90 Å². The molecule has 0 radical (unpaired) electrons. The fraction of sp³-hybridized carbons (Fsp3) is 0.250. The first-order chi connectivity index (χ1) is 13.4. The van der Waals surface area contributed by atoms with Crippen molar-refractivity contribution in [1.82, 2.24) is 10.2 Å². The van der Waals surface area contributed by atoms with E-state index in [2.05, 4.69) is 5.32 Å². The van der Waals surface area contributed by atoms with E-state index in [0.717, 1.165) is 33.9 Å². The fourth-order valence-corrected chi connectivity index (χ4v) is 4.16. The van der Waals surface area contributed by atoms with Crippen LogP contribution in [0.2, 0.25) is 0 Å². The van der Waals surface area contributed by atoms with Gasteiger partial charge in [-0.1, -0.05) is 6.07 Å². The maximum atomic E-state index is 13.6. The smallest absolute Gasteiger partial charge is 0.331 e. The molecular formula is C20H18FN3O3S. The molecule has 28 heavy (non-hydrogen) atoms. The van der Waals surface area contributed by atoms with Crippen molar-refractivity contribution in [2.45, 2.75) is 32.4 Å². The average molecular weight is 399 g/mol. The number of barbiturate groups is 1. The van der Waals surface area contributed by atoms with Gasteiger partial charge in [0.25, 0.3) is 11.8 Å². The van der Waals surface area contributed by atoms with Crippen LogP contribution in [0.1, 0.15) is 23.8 Å². The summed E-state index contributed by atoms with van der Waals surface area (Å²) in [6.45, 7) is 2.08. The lowest BCUT2D eigenvalue weighted by Gasteiger charge is -2.35. The SMILES string of the molecule is C[C@@H]1CCc2cc(F)ccc2N1/C=C1/C(=O)NC(=O)N(Cc2cccs2)C1=O. The van der Waals surface area contributed by atoms with Gasteiger partial charge >= 0.3 is 6.03 Å². The summed E-state index contributed by atoms with van der Waals surface area (Å²) in [7, 11) is 0. The minimum atomic E-state index is -0.727. The monoisotopic (exact) mass is 399 g/mol. The van der Waals surface area contributed by atoms with E-state index in [1.807, 2.05) is 29.3 Å². The van der Waals surface area contributed by atoms with Crippen molar-refractivity contribution in [3.05, 3.63) is 63.7 Å². The Labute approximate surface area is 165 Å². The molecule has 2 aliphatic rings. The minimum absolute atomic E-state index is 0.0226. The third-order valence-electron chi connectivity index (χ3n) is 4.97. The highest BCUT2D eigenvalue weighted by Crippen LogP contribution is 2.32. The normalized spacial score (nSPS) is 21.1. The summed E-state index contributed by atoms with van der Waals surface area (Å²) in [4.78, 5) is 41.1. The van der Waals surface area contributed by atoms with E-state index in [0.29, 0.717) is 0 Å². The molecule has 0 unspecified atom stereocenters. The van der Waals surface area contributed by atoms with Crippen LogP contribution in [0.5, 0.6) is 0 Å². The Morgan fingerprint density at radius 1 is 1.29 bits per heavy atom. The van der Waals surface area contributed by atoms with Gasteiger partial charge in [-0.2, -0.15) is 0 Å². The molecule has 1 fully saturated rings. The molecule has 4 amide bonds. The lowest BCUT2D eigenvalue weighted by atomic mass is 9.96. The zero-order valence-corrected chi connectivity index (χ0v) is 16.0. The van der Waals surface area contributed by atoms with Crippen LogP contribution in [0.4, 0.5) is 14.9 Å². The van der Waals surface area contributed by atoms with Crippen LogP contribution in [0, 0.1) is 5.82 Å². The lowest BCUT2D eigenvalue weighted by Crippen LogP contribution is -2.54. The maximum absolute atomic E-state index is 13.6. The van der Waals surface area contributed by atoms with Crippen molar-refractivity contribution in [2.24, 2.45) is 0 Å². The van der Waals surface area contributed by atoms with Gasteiger partial charge < -0.3 is 4.90 Å². The second-order valence-corrected chi connectivity index (χ2v) is 7.87. The van der Waals surface area contributed by atoms with E-state index < -0.39 is 17.8 Å². The maximum Gasteiger partial charge on any atom is 0.331 e. The number of imide groups is 2. The molecule has 1 atom stereocenters. The van der Waals surface area contributed by atoms with Gasteiger partial charge in [-0.3, -0.25) is 19.8 Å². The number of amides is 4. The number of aryl methyl sites for hydroxylation is 1. The van der Waals surface area contributed by atoms with E-state index in [9.17, 15) is 18.8 Å². The summed E-state index contributed by atoms with van der Waals surface area (Å²) in [5, 5.41) is 4.09. The molecule has 144 valence electrons. The number of urea groups is 1. The quantitative estimate of drug-likeness (QED) is 0.636. The number of thiophene rings is 1. The van der Waals surface area contributed by atoms with E-state index in [4.69, 9.17) is 0 Å². The van der Waals surface area contributed by atoms with Crippen molar-refractivity contribution < 1.29 is 18.8 Å². The molecule has 0 aliphatic carbocycles. The molecule has 1 aromatic carbocycles. The Balaban J connectivity index is 1.69. The number of nitrogens with zero attached hydrogens (tertiary/aromatic N) is 2. The number of carbonyl (C=O) groups is 3. The van der Waals surface area contributed by atoms with E-state index in [1.54, 1.807) is 6.07 Å². The predicted octanol–water partition coefficient (Wildman–Crippen LogP) is 3.19. The molecule has 0 saturated carbocycles. The lowest BCUT2D eigenvalue weighted by molar-refractivity contribution is -0.130. The first kappa shape index (κ1) is 18.4. The predicted molar refractivity (Wildman–Crippen MR) is 103 cm³/mol. The first-order valence-corrected chi connectivity index (χ1v) is 9.80. The molecule has 0 bridgehead atoms. The molecule has 1 N–H and O–H groups in total. The minimum Gasteiger partial charge on any atom is -0.344 e. The number of benzene rings is 1. The number of nitrogens with one attached hydrogen (secondary N) is 1. The molecule has 4 rings (SSSR count). The molecular weight excluding hydrogens is 381 g/mol. The van der Waals surface area contributed by atoms with Crippen LogP contribution >= 0.6 is 11.3 Å². The Morgan fingerprint density at radius 3 is 2.86 bits per heavy atom. The van der Waals surface area contributed by atoms with Crippen molar-refractivity contribution >= 4 is 34.9 Å². The number of carbonyl (C=O) groups excluding carboxylic acids is 3. The average Bonchev–Trinajstić information content (AvgIpc) is 3.17. The zero-order chi connectivity index (χ0) is 19.8. The van der Waals surface area contributed by atoms with Crippen LogP contribution in [0.25, 0.3) is 0 Å².